The molecule has 0 bridgehead atoms. The molecule has 0 radical (unpaired) electrons. The van der Waals surface area contributed by atoms with Crippen molar-refractivity contribution in [3.63, 3.8) is 0 Å². The van der Waals surface area contributed by atoms with Crippen LogP contribution in [-0.2, 0) is 19.6 Å². The summed E-state index contributed by atoms with van der Waals surface area (Å²) in [5, 5.41) is 0. The van der Waals surface area contributed by atoms with Gasteiger partial charge in [-0.25, -0.2) is 9.78 Å². The number of hydrogen-bond acceptors (Lipinski definition) is 4. The largest absolute Gasteiger partial charge is 0.233 e. The van der Waals surface area contributed by atoms with Gasteiger partial charge in [-0.3, -0.25) is 0 Å². The Balaban J connectivity index is 4.66. The SMILES string of the molecule is CCCCCCC(CC)(OOC(C)(C)C)OOC(C)(C)C. The molecular weight excluding hydrogens is 268 g/mol. The van der Waals surface area contributed by atoms with Crippen molar-refractivity contribution in [3.05, 3.63) is 0 Å². The zero-order valence-electron chi connectivity index (χ0n) is 15.4. The number of rotatable bonds is 10. The third-order valence-corrected chi connectivity index (χ3v) is 2.84. The maximum Gasteiger partial charge on any atom is 0.233 e. The van der Waals surface area contributed by atoms with Crippen molar-refractivity contribution in [1.29, 1.82) is 0 Å². The van der Waals surface area contributed by atoms with Gasteiger partial charge in [0, 0.05) is 12.8 Å². The molecule has 21 heavy (non-hydrogen) atoms. The fraction of sp³-hybridized carbons (Fsp3) is 1.00. The second-order valence-electron chi connectivity index (χ2n) is 7.63. The summed E-state index contributed by atoms with van der Waals surface area (Å²) >= 11 is 0. The molecule has 0 saturated carbocycles. The molecule has 0 aromatic heterocycles. The molecule has 0 amide bonds. The van der Waals surface area contributed by atoms with Crippen LogP contribution in [0.15, 0.2) is 0 Å². The van der Waals surface area contributed by atoms with Crippen LogP contribution in [0.1, 0.15) is 93.9 Å². The summed E-state index contributed by atoms with van der Waals surface area (Å²) in [5.41, 5.74) is -0.760. The van der Waals surface area contributed by atoms with Gasteiger partial charge in [0.1, 0.15) is 0 Å². The van der Waals surface area contributed by atoms with E-state index in [4.69, 9.17) is 19.6 Å². The highest BCUT2D eigenvalue weighted by Gasteiger charge is 2.36. The minimum Gasteiger partial charge on any atom is -0.228 e. The third-order valence-electron chi connectivity index (χ3n) is 2.84. The van der Waals surface area contributed by atoms with Crippen LogP contribution in [0, 0.1) is 0 Å². The van der Waals surface area contributed by atoms with Crippen molar-refractivity contribution in [2.24, 2.45) is 0 Å². The molecule has 0 atom stereocenters. The lowest BCUT2D eigenvalue weighted by Crippen LogP contribution is -2.40. The van der Waals surface area contributed by atoms with Crippen LogP contribution in [0.2, 0.25) is 0 Å². The number of unbranched alkanes of at least 4 members (excludes halogenated alkanes) is 3. The van der Waals surface area contributed by atoms with Gasteiger partial charge in [0.15, 0.2) is 0 Å². The topological polar surface area (TPSA) is 36.9 Å². The Labute approximate surface area is 131 Å². The fourth-order valence-electron chi connectivity index (χ4n) is 1.61. The van der Waals surface area contributed by atoms with Crippen LogP contribution in [-0.4, -0.2) is 17.0 Å². The van der Waals surface area contributed by atoms with Gasteiger partial charge in [0.2, 0.25) is 5.79 Å². The molecule has 0 aromatic carbocycles. The van der Waals surface area contributed by atoms with Crippen molar-refractivity contribution in [2.45, 2.75) is 111 Å². The van der Waals surface area contributed by atoms with Gasteiger partial charge >= 0.3 is 0 Å². The molecule has 0 aliphatic rings. The van der Waals surface area contributed by atoms with Crippen LogP contribution in [0.3, 0.4) is 0 Å². The van der Waals surface area contributed by atoms with Crippen molar-refractivity contribution >= 4 is 0 Å². The van der Waals surface area contributed by atoms with E-state index in [-0.39, 0.29) is 11.2 Å². The molecular formula is C17H36O4. The van der Waals surface area contributed by atoms with E-state index < -0.39 is 5.79 Å². The molecule has 0 spiro atoms. The first-order valence-corrected chi connectivity index (χ1v) is 8.27. The summed E-state index contributed by atoms with van der Waals surface area (Å²) in [4.78, 5) is 22.3. The van der Waals surface area contributed by atoms with Crippen molar-refractivity contribution in [3.8, 4) is 0 Å². The first-order valence-electron chi connectivity index (χ1n) is 8.27. The van der Waals surface area contributed by atoms with Crippen molar-refractivity contribution in [1.82, 2.24) is 0 Å². The smallest absolute Gasteiger partial charge is 0.228 e. The molecule has 0 aromatic rings. The average molecular weight is 304 g/mol. The summed E-state index contributed by atoms with van der Waals surface area (Å²) < 4.78 is 0. The Morgan fingerprint density at radius 2 is 1.10 bits per heavy atom. The molecule has 0 aliphatic carbocycles. The molecule has 128 valence electrons. The first kappa shape index (κ1) is 20.8. The first-order chi connectivity index (χ1) is 9.54. The van der Waals surface area contributed by atoms with Gasteiger partial charge in [-0.2, -0.15) is 9.78 Å². The fourth-order valence-corrected chi connectivity index (χ4v) is 1.61. The Hall–Kier alpha value is -0.160. The molecule has 0 rings (SSSR count). The lowest BCUT2D eigenvalue weighted by Gasteiger charge is -2.34. The lowest BCUT2D eigenvalue weighted by molar-refractivity contribution is -0.543. The Morgan fingerprint density at radius 3 is 1.43 bits per heavy atom. The molecule has 4 nitrogen and oxygen atoms in total. The van der Waals surface area contributed by atoms with Gasteiger partial charge in [-0.1, -0.05) is 33.1 Å². The zero-order valence-corrected chi connectivity index (χ0v) is 15.4. The molecule has 4 heteroatoms. The summed E-state index contributed by atoms with van der Waals surface area (Å²) in [6.07, 6.45) is 6.05. The van der Waals surface area contributed by atoms with Crippen LogP contribution in [0.5, 0.6) is 0 Å². The normalized spacial score (nSPS) is 13.7. The summed E-state index contributed by atoms with van der Waals surface area (Å²) in [5.74, 6) is -0.839. The molecule has 0 aliphatic heterocycles. The van der Waals surface area contributed by atoms with Crippen LogP contribution < -0.4 is 0 Å². The van der Waals surface area contributed by atoms with E-state index in [1.807, 2.05) is 48.5 Å². The van der Waals surface area contributed by atoms with Crippen molar-refractivity contribution < 1.29 is 19.6 Å². The Bertz CT molecular complexity index is 245. The van der Waals surface area contributed by atoms with E-state index in [2.05, 4.69) is 6.92 Å². The van der Waals surface area contributed by atoms with Crippen molar-refractivity contribution in [2.75, 3.05) is 0 Å². The van der Waals surface area contributed by atoms with E-state index in [1.54, 1.807) is 0 Å². The predicted octanol–water partition coefficient (Wildman–Crippen LogP) is 5.56. The second kappa shape index (κ2) is 9.09. The Kier molecular flexibility index (Phi) is 9.02. The molecule has 0 fully saturated rings. The Morgan fingerprint density at radius 1 is 0.619 bits per heavy atom. The maximum atomic E-state index is 5.67. The van der Waals surface area contributed by atoms with E-state index in [0.717, 1.165) is 19.3 Å². The average Bonchev–Trinajstić information content (AvgIpc) is 2.35. The standard InChI is InChI=1S/C17H36O4/c1-9-11-12-13-14-17(10-2,20-18-15(3,4)5)21-19-16(6,7)8/h9-14H2,1-8H3. The molecule has 0 N–H and O–H groups in total. The summed E-state index contributed by atoms with van der Waals surface area (Å²) in [7, 11) is 0. The lowest BCUT2D eigenvalue weighted by atomic mass is 10.0. The van der Waals surface area contributed by atoms with Crippen LogP contribution >= 0.6 is 0 Å². The summed E-state index contributed by atoms with van der Waals surface area (Å²) in [6.45, 7) is 15.9. The van der Waals surface area contributed by atoms with E-state index >= 15 is 0 Å². The second-order valence-corrected chi connectivity index (χ2v) is 7.63. The van der Waals surface area contributed by atoms with Gasteiger partial charge in [-0.05, 0) is 48.0 Å². The highest BCUT2D eigenvalue weighted by molar-refractivity contribution is 4.67. The molecule has 0 saturated heterocycles. The van der Waals surface area contributed by atoms with E-state index in [1.165, 1.54) is 12.8 Å². The number of hydrogen-bond donors (Lipinski definition) is 0. The van der Waals surface area contributed by atoms with Gasteiger partial charge in [-0.15, -0.1) is 0 Å². The van der Waals surface area contributed by atoms with E-state index in [0.29, 0.717) is 6.42 Å². The minimum atomic E-state index is -0.839. The maximum absolute atomic E-state index is 5.67. The zero-order chi connectivity index (χ0) is 16.6. The van der Waals surface area contributed by atoms with Crippen LogP contribution in [0.25, 0.3) is 0 Å². The summed E-state index contributed by atoms with van der Waals surface area (Å²) in [6, 6.07) is 0. The van der Waals surface area contributed by atoms with Gasteiger partial charge in [0.25, 0.3) is 0 Å². The van der Waals surface area contributed by atoms with Gasteiger partial charge in [0.05, 0.1) is 11.2 Å². The van der Waals surface area contributed by atoms with E-state index in [9.17, 15) is 0 Å². The quantitative estimate of drug-likeness (QED) is 0.229. The predicted molar refractivity (Wildman–Crippen MR) is 85.6 cm³/mol. The monoisotopic (exact) mass is 304 g/mol. The minimum absolute atomic E-state index is 0.380. The highest BCUT2D eigenvalue weighted by atomic mass is 17.3. The molecule has 0 unspecified atom stereocenters. The van der Waals surface area contributed by atoms with Crippen LogP contribution in [0.4, 0.5) is 0 Å². The third kappa shape index (κ3) is 11.1. The van der Waals surface area contributed by atoms with Gasteiger partial charge < -0.3 is 0 Å². The molecule has 0 heterocycles. The highest BCUT2D eigenvalue weighted by Crippen LogP contribution is 2.30.